The molecule has 1 aliphatic heterocycles. The van der Waals surface area contributed by atoms with E-state index in [0.29, 0.717) is 17.9 Å². The number of carbonyl (C=O) groups excluding carboxylic acids is 3. The molecule has 1 fully saturated rings. The highest BCUT2D eigenvalue weighted by Gasteiger charge is 2.43. The van der Waals surface area contributed by atoms with Crippen molar-refractivity contribution in [3.8, 4) is 5.75 Å². The molecule has 0 bridgehead atoms. The van der Waals surface area contributed by atoms with Gasteiger partial charge in [0.15, 0.2) is 0 Å². The molecule has 10 heteroatoms. The van der Waals surface area contributed by atoms with E-state index >= 15 is 0 Å². The number of carboxylic acids is 1. The zero-order valence-electron chi connectivity index (χ0n) is 19.6. The first-order valence-electron chi connectivity index (χ1n) is 11.3. The molecule has 2 atom stereocenters. The third kappa shape index (κ3) is 7.54. The minimum Gasteiger partial charge on any atom is -0.493 e. The molecule has 2 N–H and O–H groups in total. The number of rotatable bonds is 12. The molecule has 0 spiro atoms. The Bertz CT molecular complexity index is 1070. The lowest BCUT2D eigenvalue weighted by molar-refractivity contribution is -0.148. The fourth-order valence-electron chi connectivity index (χ4n) is 3.49. The van der Waals surface area contributed by atoms with E-state index in [4.69, 9.17) is 14.6 Å². The monoisotopic (exact) mass is 500 g/mol. The van der Waals surface area contributed by atoms with Gasteiger partial charge in [-0.05, 0) is 60.9 Å². The Morgan fingerprint density at radius 3 is 2.37 bits per heavy atom. The summed E-state index contributed by atoms with van der Waals surface area (Å²) < 4.78 is 10.4. The van der Waals surface area contributed by atoms with Crippen LogP contribution in [0.4, 0.5) is 4.79 Å². The Hall–Kier alpha value is -3.40. The van der Waals surface area contributed by atoms with E-state index in [0.717, 1.165) is 29.3 Å². The predicted octanol–water partition coefficient (Wildman–Crippen LogP) is 3.50. The Labute approximate surface area is 207 Å². The van der Waals surface area contributed by atoms with Gasteiger partial charge in [-0.2, -0.15) is 0 Å². The summed E-state index contributed by atoms with van der Waals surface area (Å²) in [4.78, 5) is 50.7. The molecule has 186 valence electrons. The van der Waals surface area contributed by atoms with Crippen molar-refractivity contribution < 1.29 is 33.8 Å². The number of thioether (sulfide) groups is 1. The predicted molar refractivity (Wildman–Crippen MR) is 129 cm³/mol. The van der Waals surface area contributed by atoms with Crippen LogP contribution in [0.1, 0.15) is 49.4 Å². The molecule has 0 radical (unpaired) electrons. The van der Waals surface area contributed by atoms with Gasteiger partial charge < -0.3 is 14.6 Å². The minimum absolute atomic E-state index is 0.00766. The number of pyridine rings is 1. The molecule has 2 amide bonds. The number of hydrogen-bond acceptors (Lipinski definition) is 8. The van der Waals surface area contributed by atoms with Crippen LogP contribution in [0.3, 0.4) is 0 Å². The molecule has 1 aromatic carbocycles. The highest BCUT2D eigenvalue weighted by molar-refractivity contribution is 8.16. The van der Waals surface area contributed by atoms with E-state index in [-0.39, 0.29) is 43.1 Å². The number of aliphatic carboxylic acids is 1. The van der Waals surface area contributed by atoms with Crippen LogP contribution in [0.5, 0.6) is 5.75 Å². The highest BCUT2D eigenvalue weighted by Crippen LogP contribution is 2.35. The maximum absolute atomic E-state index is 12.1. The Morgan fingerprint density at radius 2 is 1.80 bits per heavy atom. The Morgan fingerprint density at radius 1 is 1.09 bits per heavy atom. The van der Waals surface area contributed by atoms with Gasteiger partial charge in [0.1, 0.15) is 17.1 Å². The van der Waals surface area contributed by atoms with Crippen LogP contribution in [0.2, 0.25) is 0 Å². The smallest absolute Gasteiger partial charge is 0.306 e. The molecule has 9 nitrogen and oxygen atoms in total. The number of hydrogen-bond donors (Lipinski definition) is 2. The molecule has 3 rings (SSSR count). The second kappa shape index (κ2) is 11.8. The number of carboxylic acid groups (broad SMARTS) is 1. The van der Waals surface area contributed by atoms with Crippen LogP contribution in [-0.2, 0) is 32.0 Å². The number of nitrogens with one attached hydrogen (secondary N) is 1. The molecule has 2 heterocycles. The molecular weight excluding hydrogens is 472 g/mol. The van der Waals surface area contributed by atoms with Crippen molar-refractivity contribution in [1.29, 1.82) is 0 Å². The number of ether oxygens (including phenoxy) is 2. The van der Waals surface area contributed by atoms with E-state index in [1.54, 1.807) is 25.3 Å². The van der Waals surface area contributed by atoms with Crippen molar-refractivity contribution in [2.45, 2.75) is 50.2 Å². The summed E-state index contributed by atoms with van der Waals surface area (Å²) in [6, 6.07) is 11.1. The average molecular weight is 501 g/mol. The van der Waals surface area contributed by atoms with E-state index in [1.807, 2.05) is 31.2 Å². The van der Waals surface area contributed by atoms with Gasteiger partial charge >= 0.3 is 11.9 Å². The fourth-order valence-corrected chi connectivity index (χ4v) is 4.42. The molecular formula is C25H28N2O7S. The van der Waals surface area contributed by atoms with E-state index < -0.39 is 16.7 Å². The first-order valence-corrected chi connectivity index (χ1v) is 12.1. The van der Waals surface area contributed by atoms with Crippen LogP contribution in [0.25, 0.3) is 0 Å². The third-order valence-electron chi connectivity index (χ3n) is 5.59. The average Bonchev–Trinajstić information content (AvgIpc) is 3.09. The fraction of sp³-hybridized carbons (Fsp3) is 0.400. The normalized spacial score (nSPS) is 18.1. The first-order chi connectivity index (χ1) is 16.7. The second-order valence-electron chi connectivity index (χ2n) is 8.42. The van der Waals surface area contributed by atoms with Crippen LogP contribution < -0.4 is 10.1 Å². The van der Waals surface area contributed by atoms with Crippen molar-refractivity contribution in [1.82, 2.24) is 10.3 Å². The van der Waals surface area contributed by atoms with Crippen molar-refractivity contribution in [2.24, 2.45) is 0 Å². The third-order valence-corrected chi connectivity index (χ3v) is 6.66. The Kier molecular flexibility index (Phi) is 8.86. The molecule has 0 aliphatic carbocycles. The summed E-state index contributed by atoms with van der Waals surface area (Å²) in [7, 11) is 0. The molecule has 1 aliphatic rings. The molecule has 1 aromatic heterocycles. The number of esters is 1. The number of amides is 2. The van der Waals surface area contributed by atoms with Gasteiger partial charge in [0.25, 0.3) is 5.24 Å². The summed E-state index contributed by atoms with van der Waals surface area (Å²) in [6.07, 6.45) is 2.53. The molecule has 2 aromatic rings. The highest BCUT2D eigenvalue weighted by atomic mass is 32.2. The molecule has 0 saturated carbocycles. The quantitative estimate of drug-likeness (QED) is 0.420. The van der Waals surface area contributed by atoms with Crippen LogP contribution in [-0.4, -0.2) is 51.1 Å². The second-order valence-corrected chi connectivity index (χ2v) is 9.90. The van der Waals surface area contributed by atoms with Gasteiger partial charge in [-0.15, -0.1) is 0 Å². The van der Waals surface area contributed by atoms with Gasteiger partial charge in [-0.3, -0.25) is 29.5 Å². The van der Waals surface area contributed by atoms with Gasteiger partial charge in [0.05, 0.1) is 31.1 Å². The summed E-state index contributed by atoms with van der Waals surface area (Å²) in [5.74, 6) is -1.71. The van der Waals surface area contributed by atoms with Crippen molar-refractivity contribution in [3.63, 3.8) is 0 Å². The molecule has 1 saturated heterocycles. The van der Waals surface area contributed by atoms with Gasteiger partial charge in [-0.25, -0.2) is 0 Å². The number of aryl methyl sites for hydroxylation is 1. The summed E-state index contributed by atoms with van der Waals surface area (Å²) in [5.41, 5.74) is 2.66. The van der Waals surface area contributed by atoms with Crippen LogP contribution in [0, 0.1) is 0 Å². The lowest BCUT2D eigenvalue weighted by Crippen LogP contribution is -2.35. The van der Waals surface area contributed by atoms with Gasteiger partial charge in [-0.1, -0.05) is 25.1 Å². The molecule has 1 unspecified atom stereocenters. The lowest BCUT2D eigenvalue weighted by atomic mass is 9.99. The zero-order chi connectivity index (χ0) is 25.4. The zero-order valence-corrected chi connectivity index (χ0v) is 20.4. The number of nitrogens with zero attached hydrogens (tertiary/aromatic N) is 1. The van der Waals surface area contributed by atoms with Crippen molar-refractivity contribution >= 4 is 34.8 Å². The summed E-state index contributed by atoms with van der Waals surface area (Å²) >= 11 is 0.990. The topological polar surface area (TPSA) is 132 Å². The Balaban J connectivity index is 1.62. The van der Waals surface area contributed by atoms with Crippen LogP contribution in [0.15, 0.2) is 42.6 Å². The summed E-state index contributed by atoms with van der Waals surface area (Å²) in [5, 5.41) is 10.7. The van der Waals surface area contributed by atoms with Gasteiger partial charge in [0, 0.05) is 6.20 Å². The van der Waals surface area contributed by atoms with E-state index in [2.05, 4.69) is 10.3 Å². The maximum Gasteiger partial charge on any atom is 0.306 e. The SMILES string of the molecule is CCc1ccc([C@H](COC(=O)CCC(=O)O)COc2ccc(CC3(C)SC(=O)NC3=O)cc2)nc1. The largest absolute Gasteiger partial charge is 0.493 e. The standard InChI is InChI=1S/C25H28N2O7S/c1-3-16-6-9-20(26-13-16)18(15-34-22(30)11-10-21(28)29)14-33-19-7-4-17(5-8-19)12-25(2)23(31)27-24(32)35-25/h4-9,13,18H,3,10-12,14-15H2,1-2H3,(H,28,29)(H,27,31,32)/t18-,25?/m0/s1. The first kappa shape index (κ1) is 26.2. The van der Waals surface area contributed by atoms with Gasteiger partial charge in [0.2, 0.25) is 5.91 Å². The van der Waals surface area contributed by atoms with Crippen molar-refractivity contribution in [3.05, 3.63) is 59.4 Å². The van der Waals surface area contributed by atoms with Crippen molar-refractivity contribution in [2.75, 3.05) is 13.2 Å². The number of imide groups is 1. The van der Waals surface area contributed by atoms with E-state index in [9.17, 15) is 19.2 Å². The van der Waals surface area contributed by atoms with E-state index in [1.165, 1.54) is 0 Å². The minimum atomic E-state index is -1.06. The lowest BCUT2D eigenvalue weighted by Gasteiger charge is -2.19. The maximum atomic E-state index is 12.1. The number of carbonyl (C=O) groups is 4. The summed E-state index contributed by atoms with van der Waals surface area (Å²) in [6.45, 7) is 3.96. The number of benzene rings is 1. The van der Waals surface area contributed by atoms with Crippen LogP contribution >= 0.6 is 11.8 Å². The molecule has 35 heavy (non-hydrogen) atoms. The number of aromatic nitrogens is 1.